The third kappa shape index (κ3) is 3.25. The van der Waals surface area contributed by atoms with Crippen LogP contribution in [0.1, 0.15) is 79.1 Å². The van der Waals surface area contributed by atoms with Crippen LogP contribution in [0.15, 0.2) is 60.7 Å². The molecule has 1 aliphatic carbocycles. The molecule has 0 amide bonds. The number of benzene rings is 2. The van der Waals surface area contributed by atoms with E-state index in [-0.39, 0.29) is 16.6 Å². The number of rotatable bonds is 3. The van der Waals surface area contributed by atoms with Crippen LogP contribution in [0.4, 0.5) is 0 Å². The highest BCUT2D eigenvalue weighted by molar-refractivity contribution is 7.05. The van der Waals surface area contributed by atoms with Crippen molar-refractivity contribution in [2.45, 2.75) is 101 Å². The number of carbonyl (C=O) groups is 1. The van der Waals surface area contributed by atoms with Crippen molar-refractivity contribution in [3.63, 3.8) is 0 Å². The minimum atomic E-state index is -2.41. The molecule has 3 atom stereocenters. The zero-order valence-corrected chi connectivity index (χ0v) is 21.9. The Labute approximate surface area is 201 Å². The number of fused-ring (bicyclic) bond motifs is 3. The third-order valence-electron chi connectivity index (χ3n) is 9.59. The largest absolute Gasteiger partial charge is 0.371 e. The van der Waals surface area contributed by atoms with Crippen molar-refractivity contribution < 1.29 is 9.53 Å². The van der Waals surface area contributed by atoms with Crippen molar-refractivity contribution in [2.75, 3.05) is 0 Å². The highest BCUT2D eigenvalue weighted by Gasteiger charge is 2.71. The Bertz CT molecular complexity index is 945. The Morgan fingerprint density at radius 2 is 1.36 bits per heavy atom. The second kappa shape index (κ2) is 8.20. The summed E-state index contributed by atoms with van der Waals surface area (Å²) in [6.07, 6.45) is 8.51. The molecular weight excluding hydrogens is 420 g/mol. The summed E-state index contributed by atoms with van der Waals surface area (Å²) in [5.74, 6) is 0.503. The average Bonchev–Trinajstić information content (AvgIpc) is 2.94. The molecule has 2 heterocycles. The molecule has 5 rings (SSSR count). The summed E-state index contributed by atoms with van der Waals surface area (Å²) < 4.78 is 7.07. The lowest BCUT2D eigenvalue weighted by Gasteiger charge is -2.57. The molecule has 3 aliphatic rings. The van der Waals surface area contributed by atoms with Gasteiger partial charge in [0.25, 0.3) is 0 Å². The van der Waals surface area contributed by atoms with Gasteiger partial charge in [0.2, 0.25) is 0 Å². The molecule has 1 spiro atoms. The highest BCUT2D eigenvalue weighted by Crippen LogP contribution is 2.65. The zero-order chi connectivity index (χ0) is 23.3. The van der Waals surface area contributed by atoms with E-state index in [1.807, 2.05) is 0 Å². The van der Waals surface area contributed by atoms with Crippen LogP contribution in [0.2, 0.25) is 10.6 Å². The van der Waals surface area contributed by atoms with Gasteiger partial charge in [0.15, 0.2) is 0 Å². The van der Waals surface area contributed by atoms with Gasteiger partial charge < -0.3 is 4.74 Å². The van der Waals surface area contributed by atoms with Crippen LogP contribution in [0.3, 0.4) is 0 Å². The van der Waals surface area contributed by atoms with Crippen molar-refractivity contribution >= 4 is 24.2 Å². The van der Waals surface area contributed by atoms with Crippen LogP contribution >= 0.6 is 0 Å². The van der Waals surface area contributed by atoms with Crippen LogP contribution < -0.4 is 10.4 Å². The SMILES string of the molecule is CC(C)(C)[Si](c1ccccc1)(c1ccccc1)[C@H]1C[C@@H]2CC(=O)C3(CCCCCC3)[C@@]1(C)O2. The summed E-state index contributed by atoms with van der Waals surface area (Å²) in [5, 5.41) is 3.05. The Hall–Kier alpha value is -1.71. The van der Waals surface area contributed by atoms with Crippen LogP contribution in [0.5, 0.6) is 0 Å². The Morgan fingerprint density at radius 3 is 1.85 bits per heavy atom. The number of ether oxygens (including phenoxy) is 1. The molecule has 2 aromatic rings. The minimum absolute atomic E-state index is 0.0686. The number of Topliss-reactive ketones (excluding diaryl/α,β-unsaturated/α-hetero) is 1. The van der Waals surface area contributed by atoms with Gasteiger partial charge in [-0.2, -0.15) is 0 Å². The highest BCUT2D eigenvalue weighted by atomic mass is 28.3. The predicted molar refractivity (Wildman–Crippen MR) is 139 cm³/mol. The summed E-state index contributed by atoms with van der Waals surface area (Å²) >= 11 is 0. The van der Waals surface area contributed by atoms with Crippen LogP contribution in [0, 0.1) is 5.41 Å². The molecule has 3 fully saturated rings. The standard InChI is InChI=1S/C30H40O2Si/c1-28(2,3)33(24-15-9-7-10-16-24,25-17-11-8-12-18-25)27-22-23-21-26(31)30(29(27,4)32-23)19-13-5-6-14-20-30/h7-12,15-18,23,27H,5-6,13-14,19-22H2,1-4H3/t23-,27-,29-/m0/s1. The normalized spacial score (nSPS) is 29.8. The number of hydrogen-bond donors (Lipinski definition) is 0. The monoisotopic (exact) mass is 460 g/mol. The number of carbonyl (C=O) groups excluding carboxylic acids is 1. The molecule has 0 aromatic heterocycles. The van der Waals surface area contributed by atoms with E-state index in [1.54, 1.807) is 0 Å². The van der Waals surface area contributed by atoms with E-state index < -0.39 is 13.7 Å². The Morgan fingerprint density at radius 1 is 0.848 bits per heavy atom. The first kappa shape index (κ1) is 23.0. The molecule has 3 heteroatoms. The minimum Gasteiger partial charge on any atom is -0.371 e. The first-order chi connectivity index (χ1) is 15.8. The van der Waals surface area contributed by atoms with E-state index in [2.05, 4.69) is 88.4 Å². The second-order valence-corrected chi connectivity index (χ2v) is 17.0. The first-order valence-corrected chi connectivity index (χ1v) is 15.2. The van der Waals surface area contributed by atoms with Crippen LogP contribution in [0.25, 0.3) is 0 Å². The first-order valence-electron chi connectivity index (χ1n) is 13.1. The third-order valence-corrected chi connectivity index (χ3v) is 16.3. The molecule has 2 bridgehead atoms. The van der Waals surface area contributed by atoms with E-state index >= 15 is 0 Å². The summed E-state index contributed by atoms with van der Waals surface area (Å²) in [6, 6.07) is 22.6. The fraction of sp³-hybridized carbons (Fsp3) is 0.567. The van der Waals surface area contributed by atoms with Gasteiger partial charge >= 0.3 is 0 Å². The summed E-state index contributed by atoms with van der Waals surface area (Å²) in [6.45, 7) is 9.71. The number of hydrogen-bond acceptors (Lipinski definition) is 2. The molecule has 176 valence electrons. The maximum atomic E-state index is 13.9. The summed E-state index contributed by atoms with van der Waals surface area (Å²) in [7, 11) is -2.41. The second-order valence-electron chi connectivity index (χ2n) is 12.0. The maximum absolute atomic E-state index is 13.9. The van der Waals surface area contributed by atoms with E-state index in [9.17, 15) is 4.79 Å². The van der Waals surface area contributed by atoms with Gasteiger partial charge in [0, 0.05) is 6.42 Å². The summed E-state index contributed by atoms with van der Waals surface area (Å²) in [4.78, 5) is 13.9. The van der Waals surface area contributed by atoms with Crippen molar-refractivity contribution in [1.29, 1.82) is 0 Å². The van der Waals surface area contributed by atoms with Gasteiger partial charge in [0.1, 0.15) is 13.9 Å². The Kier molecular flexibility index (Phi) is 5.73. The lowest BCUT2D eigenvalue weighted by Crippen LogP contribution is -2.72. The Balaban J connectivity index is 1.80. The van der Waals surface area contributed by atoms with Gasteiger partial charge in [-0.15, -0.1) is 0 Å². The zero-order valence-electron chi connectivity index (χ0n) is 20.9. The quantitative estimate of drug-likeness (QED) is 0.504. The molecular formula is C30H40O2Si. The van der Waals surface area contributed by atoms with Crippen molar-refractivity contribution in [2.24, 2.45) is 5.41 Å². The fourth-order valence-electron chi connectivity index (χ4n) is 8.27. The number of ketones is 1. The van der Waals surface area contributed by atoms with Gasteiger partial charge in [-0.05, 0) is 36.8 Å². The van der Waals surface area contributed by atoms with E-state index in [0.29, 0.717) is 17.7 Å². The molecule has 0 unspecified atom stereocenters. The molecule has 0 radical (unpaired) electrons. The molecule has 2 nitrogen and oxygen atoms in total. The topological polar surface area (TPSA) is 26.3 Å². The van der Waals surface area contributed by atoms with Gasteiger partial charge in [-0.1, -0.05) is 117 Å². The van der Waals surface area contributed by atoms with E-state index in [4.69, 9.17) is 4.74 Å². The van der Waals surface area contributed by atoms with Gasteiger partial charge in [0.05, 0.1) is 17.1 Å². The lowest BCUT2D eigenvalue weighted by atomic mass is 9.63. The molecule has 33 heavy (non-hydrogen) atoms. The predicted octanol–water partition coefficient (Wildman–Crippen LogP) is 6.28. The lowest BCUT2D eigenvalue weighted by molar-refractivity contribution is -0.178. The van der Waals surface area contributed by atoms with Crippen molar-refractivity contribution in [3.05, 3.63) is 60.7 Å². The molecule has 2 saturated heterocycles. The van der Waals surface area contributed by atoms with Crippen LogP contribution in [-0.4, -0.2) is 25.6 Å². The molecule has 2 aromatic carbocycles. The molecule has 2 aliphatic heterocycles. The van der Waals surface area contributed by atoms with Crippen molar-refractivity contribution in [3.8, 4) is 0 Å². The van der Waals surface area contributed by atoms with Gasteiger partial charge in [-0.25, -0.2) is 0 Å². The van der Waals surface area contributed by atoms with E-state index in [0.717, 1.165) is 32.1 Å². The maximum Gasteiger partial charge on any atom is 0.144 e. The van der Waals surface area contributed by atoms with E-state index in [1.165, 1.54) is 23.2 Å². The van der Waals surface area contributed by atoms with Gasteiger partial charge in [-0.3, -0.25) is 4.79 Å². The summed E-state index contributed by atoms with van der Waals surface area (Å²) in [5.41, 5.74) is -0.360. The van der Waals surface area contributed by atoms with Crippen molar-refractivity contribution in [1.82, 2.24) is 0 Å². The molecule has 0 N–H and O–H groups in total. The van der Waals surface area contributed by atoms with Crippen LogP contribution in [-0.2, 0) is 9.53 Å². The average molecular weight is 461 g/mol. The molecule has 1 saturated carbocycles. The smallest absolute Gasteiger partial charge is 0.144 e. The fourth-order valence-corrected chi connectivity index (χ4v) is 15.4.